The molecule has 2 heteroatoms. The largest absolute Gasteiger partial charge is 0.384 e. The number of hydrogen-bond acceptors (Lipinski definition) is 2. The van der Waals surface area contributed by atoms with E-state index in [1.807, 2.05) is 12.2 Å². The maximum Gasteiger partial charge on any atom is 0.0944 e. The second-order valence-corrected chi connectivity index (χ2v) is 3.46. The lowest BCUT2D eigenvalue weighted by atomic mass is 9.98. The molecule has 15 heavy (non-hydrogen) atoms. The lowest BCUT2D eigenvalue weighted by Gasteiger charge is -2.13. The minimum atomic E-state index is 0.363. The third-order valence-electron chi connectivity index (χ3n) is 2.22. The molecule has 82 valence electrons. The Hall–Kier alpha value is -1.33. The molecule has 0 aromatic rings. The summed E-state index contributed by atoms with van der Waals surface area (Å²) in [7, 11) is 1.69. The Labute approximate surface area is 92.6 Å². The zero-order valence-electron chi connectivity index (χ0n) is 9.79. The van der Waals surface area contributed by atoms with E-state index in [2.05, 4.69) is 19.6 Å². The first-order valence-electron chi connectivity index (χ1n) is 5.08. The minimum absolute atomic E-state index is 0.363. The van der Waals surface area contributed by atoms with Crippen LogP contribution in [0.1, 0.15) is 20.3 Å². The highest BCUT2D eigenvalue weighted by Crippen LogP contribution is 2.14. The highest BCUT2D eigenvalue weighted by Gasteiger charge is 2.06. The zero-order chi connectivity index (χ0) is 11.7. The van der Waals surface area contributed by atoms with Crippen LogP contribution in [0.3, 0.4) is 0 Å². The molecule has 0 saturated heterocycles. The van der Waals surface area contributed by atoms with E-state index in [0.29, 0.717) is 18.1 Å². The van der Waals surface area contributed by atoms with Crippen LogP contribution in [0.25, 0.3) is 0 Å². The van der Waals surface area contributed by atoms with Crippen LogP contribution >= 0.6 is 0 Å². The van der Waals surface area contributed by atoms with Crippen molar-refractivity contribution in [2.45, 2.75) is 20.3 Å². The Bertz CT molecular complexity index is 294. The van der Waals surface area contributed by atoms with Crippen LogP contribution < -0.4 is 0 Å². The van der Waals surface area contributed by atoms with Crippen molar-refractivity contribution < 1.29 is 4.74 Å². The summed E-state index contributed by atoms with van der Waals surface area (Å²) >= 11 is 0. The van der Waals surface area contributed by atoms with Gasteiger partial charge >= 0.3 is 0 Å². The smallest absolute Gasteiger partial charge is 0.0944 e. The van der Waals surface area contributed by atoms with Crippen molar-refractivity contribution in [3.63, 3.8) is 0 Å². The van der Waals surface area contributed by atoms with Crippen molar-refractivity contribution in [3.05, 3.63) is 36.0 Å². The molecule has 0 aromatic carbocycles. The normalized spacial score (nSPS) is 13.9. The summed E-state index contributed by atoms with van der Waals surface area (Å²) in [4.78, 5) is 0. The van der Waals surface area contributed by atoms with Gasteiger partial charge in [-0.15, -0.1) is 0 Å². The van der Waals surface area contributed by atoms with Crippen molar-refractivity contribution in [2.75, 3.05) is 13.7 Å². The van der Waals surface area contributed by atoms with Gasteiger partial charge in [0.2, 0.25) is 0 Å². The molecule has 1 atom stereocenters. The molecule has 0 amide bonds. The predicted molar refractivity (Wildman–Crippen MR) is 63.3 cm³/mol. The van der Waals surface area contributed by atoms with Crippen molar-refractivity contribution in [1.29, 1.82) is 5.26 Å². The molecule has 0 heterocycles. The van der Waals surface area contributed by atoms with E-state index >= 15 is 0 Å². The first-order chi connectivity index (χ1) is 7.15. The summed E-state index contributed by atoms with van der Waals surface area (Å²) in [5.74, 6) is 0.363. The number of nitriles is 1. The third kappa shape index (κ3) is 5.87. The maximum atomic E-state index is 8.54. The Kier molecular flexibility index (Phi) is 7.31. The quantitative estimate of drug-likeness (QED) is 0.492. The molecule has 0 radical (unpaired) electrons. The average Bonchev–Trinajstić information content (AvgIpc) is 2.25. The maximum absolute atomic E-state index is 8.54. The zero-order valence-corrected chi connectivity index (χ0v) is 9.79. The van der Waals surface area contributed by atoms with Gasteiger partial charge in [0.15, 0.2) is 0 Å². The molecule has 1 unspecified atom stereocenters. The molecule has 0 rings (SSSR count). The van der Waals surface area contributed by atoms with E-state index in [-0.39, 0.29) is 0 Å². The summed E-state index contributed by atoms with van der Waals surface area (Å²) in [6, 6.07) is 2.06. The van der Waals surface area contributed by atoms with Gasteiger partial charge in [0, 0.05) is 18.6 Å². The molecule has 0 fully saturated rings. The topological polar surface area (TPSA) is 33.0 Å². The number of ether oxygens (including phenoxy) is 1. The second-order valence-electron chi connectivity index (χ2n) is 3.46. The molecule has 0 saturated carbocycles. The van der Waals surface area contributed by atoms with Gasteiger partial charge in [0.1, 0.15) is 0 Å². The monoisotopic (exact) mass is 205 g/mol. The van der Waals surface area contributed by atoms with Crippen LogP contribution in [-0.2, 0) is 4.74 Å². The van der Waals surface area contributed by atoms with Crippen molar-refractivity contribution in [2.24, 2.45) is 5.92 Å². The van der Waals surface area contributed by atoms with E-state index in [1.54, 1.807) is 20.1 Å². The van der Waals surface area contributed by atoms with Crippen LogP contribution in [0.15, 0.2) is 36.0 Å². The van der Waals surface area contributed by atoms with Gasteiger partial charge < -0.3 is 4.74 Å². The lowest BCUT2D eigenvalue weighted by molar-refractivity contribution is 0.165. The van der Waals surface area contributed by atoms with Gasteiger partial charge in [-0.1, -0.05) is 25.7 Å². The Balaban J connectivity index is 4.29. The summed E-state index contributed by atoms with van der Waals surface area (Å²) in [5, 5.41) is 8.54. The van der Waals surface area contributed by atoms with E-state index in [1.165, 1.54) is 0 Å². The number of rotatable bonds is 6. The van der Waals surface area contributed by atoms with Gasteiger partial charge in [0.25, 0.3) is 0 Å². The number of nitrogens with zero attached hydrogens (tertiary/aromatic N) is 1. The molecule has 2 nitrogen and oxygen atoms in total. The fraction of sp³-hybridized carbons (Fsp3) is 0.462. The Morgan fingerprint density at radius 2 is 2.27 bits per heavy atom. The number of methoxy groups -OCH3 is 1. The average molecular weight is 205 g/mol. The van der Waals surface area contributed by atoms with E-state index in [0.717, 1.165) is 12.0 Å². The second kappa shape index (κ2) is 8.02. The van der Waals surface area contributed by atoms with Crippen LogP contribution in [0.5, 0.6) is 0 Å². The fourth-order valence-corrected chi connectivity index (χ4v) is 1.18. The summed E-state index contributed by atoms with van der Waals surface area (Å²) < 4.78 is 5.10. The van der Waals surface area contributed by atoms with E-state index < -0.39 is 0 Å². The highest BCUT2D eigenvalue weighted by molar-refractivity contribution is 5.27. The Morgan fingerprint density at radius 3 is 2.73 bits per heavy atom. The molecule has 0 aliphatic carbocycles. The van der Waals surface area contributed by atoms with Gasteiger partial charge in [-0.25, -0.2) is 0 Å². The van der Waals surface area contributed by atoms with Gasteiger partial charge in [0.05, 0.1) is 12.7 Å². The van der Waals surface area contributed by atoms with E-state index in [4.69, 9.17) is 10.00 Å². The predicted octanol–water partition coefficient (Wildman–Crippen LogP) is 3.24. The minimum Gasteiger partial charge on any atom is -0.384 e. The summed E-state index contributed by atoms with van der Waals surface area (Å²) in [6.45, 7) is 8.57. The first kappa shape index (κ1) is 13.7. The molecule has 0 N–H and O–H groups in total. The van der Waals surface area contributed by atoms with Gasteiger partial charge in [-0.3, -0.25) is 0 Å². The van der Waals surface area contributed by atoms with Crippen molar-refractivity contribution in [1.82, 2.24) is 0 Å². The molecule has 0 aliphatic rings. The molecular formula is C13H19NO. The SMILES string of the molecule is C=C(/C=C\C=C(/C)C#N)C(CC)COC. The summed E-state index contributed by atoms with van der Waals surface area (Å²) in [6.07, 6.45) is 6.59. The van der Waals surface area contributed by atoms with E-state index in [9.17, 15) is 0 Å². The third-order valence-corrected chi connectivity index (χ3v) is 2.22. The van der Waals surface area contributed by atoms with Crippen LogP contribution in [0.4, 0.5) is 0 Å². The fourth-order valence-electron chi connectivity index (χ4n) is 1.18. The standard InChI is InChI=1S/C13H19NO/c1-5-13(10-15-4)12(3)8-6-7-11(2)9-14/h6-8,13H,3,5,10H2,1-2,4H3/b8-6-,11-7+. The van der Waals surface area contributed by atoms with Crippen LogP contribution in [-0.4, -0.2) is 13.7 Å². The molecule has 0 aromatic heterocycles. The van der Waals surface area contributed by atoms with Crippen molar-refractivity contribution in [3.8, 4) is 6.07 Å². The van der Waals surface area contributed by atoms with Gasteiger partial charge in [-0.2, -0.15) is 5.26 Å². The molecular weight excluding hydrogens is 186 g/mol. The molecule has 0 aliphatic heterocycles. The highest BCUT2D eigenvalue weighted by atomic mass is 16.5. The molecule has 0 bridgehead atoms. The van der Waals surface area contributed by atoms with Crippen molar-refractivity contribution >= 4 is 0 Å². The van der Waals surface area contributed by atoms with Crippen LogP contribution in [0, 0.1) is 17.2 Å². The lowest BCUT2D eigenvalue weighted by Crippen LogP contribution is -2.07. The number of allylic oxidation sites excluding steroid dienone is 4. The van der Waals surface area contributed by atoms with Gasteiger partial charge in [-0.05, 0) is 25.0 Å². The Morgan fingerprint density at radius 1 is 1.60 bits per heavy atom. The number of hydrogen-bond donors (Lipinski definition) is 0. The first-order valence-corrected chi connectivity index (χ1v) is 5.08. The summed E-state index contributed by atoms with van der Waals surface area (Å²) in [5.41, 5.74) is 1.74. The molecule has 0 spiro atoms. The van der Waals surface area contributed by atoms with Crippen LogP contribution in [0.2, 0.25) is 0 Å².